The quantitative estimate of drug-likeness (QED) is 0.837. The molecule has 1 heterocycles. The summed E-state index contributed by atoms with van der Waals surface area (Å²) in [7, 11) is 4.01. The second-order valence-electron chi connectivity index (χ2n) is 4.89. The Kier molecular flexibility index (Phi) is 4.69. The Balaban J connectivity index is 2.85. The van der Waals surface area contributed by atoms with Gasteiger partial charge in [-0.2, -0.15) is 0 Å². The third-order valence-electron chi connectivity index (χ3n) is 2.45. The zero-order valence-corrected chi connectivity index (χ0v) is 11.3. The molecular weight excluding hydrogens is 216 g/mol. The molecule has 1 unspecified atom stereocenters. The lowest BCUT2D eigenvalue weighted by molar-refractivity contribution is 0.391. The molecule has 0 aliphatic carbocycles. The monoisotopic (exact) mass is 238 g/mol. The van der Waals surface area contributed by atoms with E-state index in [1.165, 1.54) is 0 Å². The van der Waals surface area contributed by atoms with E-state index >= 15 is 0 Å². The summed E-state index contributed by atoms with van der Waals surface area (Å²) >= 11 is 0. The van der Waals surface area contributed by atoms with Crippen LogP contribution in [0, 0.1) is 0 Å². The Hall–Kier alpha value is -1.36. The average molecular weight is 238 g/mol. The Morgan fingerprint density at radius 3 is 2.59 bits per heavy atom. The van der Waals surface area contributed by atoms with Crippen molar-refractivity contribution in [2.45, 2.75) is 32.9 Å². The molecule has 17 heavy (non-hydrogen) atoms. The zero-order chi connectivity index (χ0) is 13.0. The highest BCUT2D eigenvalue weighted by Gasteiger charge is 2.10. The maximum atomic E-state index is 12.1. The van der Waals surface area contributed by atoms with Gasteiger partial charge in [0, 0.05) is 31.0 Å². The summed E-state index contributed by atoms with van der Waals surface area (Å²) in [6.45, 7) is 6.86. The first-order chi connectivity index (χ1) is 7.91. The summed E-state index contributed by atoms with van der Waals surface area (Å²) < 4.78 is 1.68. The van der Waals surface area contributed by atoms with Gasteiger partial charge in [-0.25, -0.2) is 4.98 Å². The Morgan fingerprint density at radius 1 is 1.41 bits per heavy atom. The van der Waals surface area contributed by atoms with E-state index in [4.69, 9.17) is 0 Å². The number of hydrogen-bond donors (Lipinski definition) is 1. The van der Waals surface area contributed by atoms with Crippen molar-refractivity contribution >= 4 is 5.82 Å². The van der Waals surface area contributed by atoms with E-state index in [0.29, 0.717) is 5.82 Å². The number of aromatic nitrogens is 2. The topological polar surface area (TPSA) is 50.2 Å². The maximum Gasteiger partial charge on any atom is 0.293 e. The highest BCUT2D eigenvalue weighted by atomic mass is 16.1. The molecule has 5 heteroatoms. The van der Waals surface area contributed by atoms with Crippen LogP contribution in [0.1, 0.15) is 26.8 Å². The number of nitrogens with one attached hydrogen (secondary N) is 1. The molecule has 1 atom stereocenters. The van der Waals surface area contributed by atoms with Gasteiger partial charge in [0.2, 0.25) is 0 Å². The zero-order valence-electron chi connectivity index (χ0n) is 11.3. The van der Waals surface area contributed by atoms with Crippen molar-refractivity contribution in [1.29, 1.82) is 0 Å². The van der Waals surface area contributed by atoms with Crippen molar-refractivity contribution in [3.8, 4) is 0 Å². The van der Waals surface area contributed by atoms with Gasteiger partial charge in [-0.3, -0.25) is 4.79 Å². The van der Waals surface area contributed by atoms with Gasteiger partial charge in [0.15, 0.2) is 5.82 Å². The second-order valence-corrected chi connectivity index (χ2v) is 4.89. The lowest BCUT2D eigenvalue weighted by atomic mass is 10.3. The summed E-state index contributed by atoms with van der Waals surface area (Å²) in [5.41, 5.74) is -0.0619. The van der Waals surface area contributed by atoms with E-state index in [1.54, 1.807) is 17.0 Å². The van der Waals surface area contributed by atoms with Crippen LogP contribution >= 0.6 is 0 Å². The van der Waals surface area contributed by atoms with Crippen LogP contribution in [0.25, 0.3) is 0 Å². The highest BCUT2D eigenvalue weighted by Crippen LogP contribution is 2.02. The van der Waals surface area contributed by atoms with E-state index in [0.717, 1.165) is 6.54 Å². The van der Waals surface area contributed by atoms with Gasteiger partial charge in [0.05, 0.1) is 0 Å². The number of anilines is 1. The van der Waals surface area contributed by atoms with Gasteiger partial charge in [-0.15, -0.1) is 0 Å². The molecule has 0 fully saturated rings. The minimum atomic E-state index is -0.0619. The molecule has 0 saturated heterocycles. The van der Waals surface area contributed by atoms with Crippen LogP contribution in [0.3, 0.4) is 0 Å². The largest absolute Gasteiger partial charge is 0.362 e. The minimum absolute atomic E-state index is 0.0619. The summed E-state index contributed by atoms with van der Waals surface area (Å²) in [5.74, 6) is 0.426. The molecule has 0 bridgehead atoms. The van der Waals surface area contributed by atoms with Crippen molar-refractivity contribution in [2.75, 3.05) is 26.0 Å². The second kappa shape index (κ2) is 5.82. The molecule has 1 aromatic heterocycles. The fourth-order valence-electron chi connectivity index (χ4n) is 1.76. The molecule has 0 radical (unpaired) electrons. The predicted octanol–water partition coefficient (Wildman–Crippen LogP) is 1.19. The van der Waals surface area contributed by atoms with Gasteiger partial charge >= 0.3 is 0 Å². The lowest BCUT2D eigenvalue weighted by Gasteiger charge is -2.19. The van der Waals surface area contributed by atoms with Gasteiger partial charge in [-0.1, -0.05) is 0 Å². The predicted molar refractivity (Wildman–Crippen MR) is 70.5 cm³/mol. The molecule has 0 amide bonds. The van der Waals surface area contributed by atoms with Gasteiger partial charge in [-0.05, 0) is 34.9 Å². The van der Waals surface area contributed by atoms with Crippen molar-refractivity contribution in [1.82, 2.24) is 14.5 Å². The molecule has 0 aliphatic heterocycles. The first-order valence-corrected chi connectivity index (χ1v) is 5.90. The van der Waals surface area contributed by atoms with Crippen molar-refractivity contribution < 1.29 is 0 Å². The van der Waals surface area contributed by atoms with Crippen LogP contribution in [-0.4, -0.2) is 41.1 Å². The van der Waals surface area contributed by atoms with Crippen LogP contribution in [0.5, 0.6) is 0 Å². The number of rotatable bonds is 5. The number of nitrogens with zero attached hydrogens (tertiary/aromatic N) is 3. The highest BCUT2D eigenvalue weighted by molar-refractivity contribution is 5.32. The van der Waals surface area contributed by atoms with Gasteiger partial charge in [0.1, 0.15) is 0 Å². The summed E-state index contributed by atoms with van der Waals surface area (Å²) in [6, 6.07) is 0.336. The van der Waals surface area contributed by atoms with Crippen LogP contribution in [0.2, 0.25) is 0 Å². The summed E-state index contributed by atoms with van der Waals surface area (Å²) in [4.78, 5) is 18.2. The molecule has 0 aromatic carbocycles. The Bertz CT molecular complexity index is 411. The third kappa shape index (κ3) is 3.85. The number of hydrogen-bond acceptors (Lipinski definition) is 4. The van der Waals surface area contributed by atoms with E-state index in [-0.39, 0.29) is 17.6 Å². The maximum absolute atomic E-state index is 12.1. The fraction of sp³-hybridized carbons (Fsp3) is 0.667. The van der Waals surface area contributed by atoms with Crippen molar-refractivity contribution in [3.05, 3.63) is 22.7 Å². The molecule has 0 spiro atoms. The lowest BCUT2D eigenvalue weighted by Crippen LogP contribution is -2.34. The van der Waals surface area contributed by atoms with E-state index in [1.807, 2.05) is 34.9 Å². The average Bonchev–Trinajstić information content (AvgIpc) is 2.19. The van der Waals surface area contributed by atoms with E-state index in [2.05, 4.69) is 15.2 Å². The molecule has 1 N–H and O–H groups in total. The van der Waals surface area contributed by atoms with Crippen LogP contribution < -0.4 is 10.9 Å². The van der Waals surface area contributed by atoms with Crippen LogP contribution in [-0.2, 0) is 0 Å². The molecule has 96 valence electrons. The molecule has 5 nitrogen and oxygen atoms in total. The van der Waals surface area contributed by atoms with Crippen molar-refractivity contribution in [2.24, 2.45) is 0 Å². The van der Waals surface area contributed by atoms with E-state index in [9.17, 15) is 4.79 Å². The third-order valence-corrected chi connectivity index (χ3v) is 2.45. The first-order valence-electron chi connectivity index (χ1n) is 5.90. The molecular formula is C12H22N4O. The summed E-state index contributed by atoms with van der Waals surface area (Å²) in [5, 5.41) is 3.15. The van der Waals surface area contributed by atoms with Crippen LogP contribution in [0.4, 0.5) is 5.82 Å². The smallest absolute Gasteiger partial charge is 0.293 e. The fourth-order valence-corrected chi connectivity index (χ4v) is 1.76. The Morgan fingerprint density at radius 2 is 2.06 bits per heavy atom. The standard InChI is InChI=1S/C12H22N4O/c1-9(2)16-7-6-13-11(12(16)17)14-10(3)8-15(4)5/h6-7,9-10H,8H2,1-5H3,(H,13,14). The molecule has 0 aliphatic rings. The normalized spacial score (nSPS) is 13.1. The number of likely N-dealkylation sites (N-methyl/N-ethyl adjacent to an activating group) is 1. The minimum Gasteiger partial charge on any atom is -0.362 e. The molecule has 1 rings (SSSR count). The van der Waals surface area contributed by atoms with Gasteiger partial charge in [0.25, 0.3) is 5.56 Å². The SMILES string of the molecule is CC(CN(C)C)Nc1nccn(C(C)C)c1=O. The van der Waals surface area contributed by atoms with E-state index < -0.39 is 0 Å². The first kappa shape index (κ1) is 13.7. The Labute approximate surface area is 102 Å². The summed E-state index contributed by atoms with van der Waals surface area (Å²) in [6.07, 6.45) is 3.38. The molecule has 1 aromatic rings. The van der Waals surface area contributed by atoms with Crippen LogP contribution in [0.15, 0.2) is 17.2 Å². The molecule has 0 saturated carbocycles. The van der Waals surface area contributed by atoms with Gasteiger partial charge < -0.3 is 14.8 Å². The van der Waals surface area contributed by atoms with Crippen molar-refractivity contribution in [3.63, 3.8) is 0 Å².